The molecule has 13 heavy (non-hydrogen) atoms. The van der Waals surface area contributed by atoms with Crippen LogP contribution in [0.25, 0.3) is 0 Å². The maximum absolute atomic E-state index is 10.1. The maximum Gasteiger partial charge on any atom is 0.662 e. The summed E-state index contributed by atoms with van der Waals surface area (Å²) in [5.41, 5.74) is 0. The van der Waals surface area contributed by atoms with E-state index in [2.05, 4.69) is 9.31 Å². The molecule has 0 saturated carbocycles. The van der Waals surface area contributed by atoms with E-state index in [1.54, 1.807) is 0 Å². The molecule has 8 nitrogen and oxygen atoms in total. The summed E-state index contributed by atoms with van der Waals surface area (Å²) >= 11 is 0. The van der Waals surface area contributed by atoms with Crippen molar-refractivity contribution in [1.82, 2.24) is 0 Å². The summed E-state index contributed by atoms with van der Waals surface area (Å²) in [6.45, 7) is 0. The lowest BCUT2D eigenvalue weighted by Gasteiger charge is -1.97. The first-order valence-electron chi connectivity index (χ1n) is 2.64. The number of aliphatic carboxylic acids is 2. The molecule has 0 atom stereocenters. The van der Waals surface area contributed by atoms with Gasteiger partial charge in [0.05, 0.1) is 0 Å². The van der Waals surface area contributed by atoms with E-state index in [0.29, 0.717) is 0 Å². The average Bonchev–Trinajstić information content (AvgIpc) is 2.03. The van der Waals surface area contributed by atoms with Gasteiger partial charge in [0.15, 0.2) is 0 Å². The fourth-order valence-corrected chi connectivity index (χ4v) is 0.212. The van der Waals surface area contributed by atoms with Crippen LogP contribution in [-0.2, 0) is 28.5 Å². The van der Waals surface area contributed by atoms with Crippen LogP contribution in [-0.4, -0.2) is 41.8 Å². The van der Waals surface area contributed by atoms with Gasteiger partial charge in [0.2, 0.25) is 0 Å². The van der Waals surface area contributed by atoms with E-state index in [0.717, 1.165) is 0 Å². The molecule has 0 heterocycles. The van der Waals surface area contributed by atoms with Crippen LogP contribution in [0.4, 0.5) is 0 Å². The predicted molar refractivity (Wildman–Crippen MR) is 33.2 cm³/mol. The molecule has 1 radical (unpaired) electrons. The van der Waals surface area contributed by atoms with Crippen LogP contribution in [0, 0.1) is 0 Å². The zero-order chi connectivity index (χ0) is 10.4. The molecular weight excluding hydrogens is 187 g/mol. The van der Waals surface area contributed by atoms with Crippen molar-refractivity contribution < 1.29 is 38.7 Å². The Hall–Kier alpha value is -2.06. The number of carbonyl (C=O) groups is 4. The standard InChI is InChI=1S/C4H2BO8/c6-1(7)3(10)12-5-13-4(11)2(8)9/h(H,6,7)(H,8,9). The van der Waals surface area contributed by atoms with Gasteiger partial charge < -0.3 is 19.5 Å². The summed E-state index contributed by atoms with van der Waals surface area (Å²) in [5, 5.41) is 15.8. The lowest BCUT2D eigenvalue weighted by molar-refractivity contribution is -0.161. The molecule has 0 amide bonds. The molecule has 0 aromatic heterocycles. The van der Waals surface area contributed by atoms with Crippen LogP contribution in [0.15, 0.2) is 0 Å². The maximum atomic E-state index is 10.1. The van der Waals surface area contributed by atoms with Gasteiger partial charge in [0.1, 0.15) is 0 Å². The first-order chi connectivity index (χ1) is 5.95. The van der Waals surface area contributed by atoms with Crippen molar-refractivity contribution in [3.05, 3.63) is 0 Å². The van der Waals surface area contributed by atoms with Gasteiger partial charge in [-0.2, -0.15) is 0 Å². The Morgan fingerprint density at radius 3 is 1.38 bits per heavy atom. The first-order valence-corrected chi connectivity index (χ1v) is 2.64. The van der Waals surface area contributed by atoms with E-state index in [9.17, 15) is 19.2 Å². The molecule has 0 aliphatic heterocycles. The van der Waals surface area contributed by atoms with Gasteiger partial charge in [-0.05, 0) is 0 Å². The molecule has 0 aromatic rings. The fraction of sp³-hybridized carbons (Fsp3) is 0. The monoisotopic (exact) mass is 189 g/mol. The van der Waals surface area contributed by atoms with E-state index in [4.69, 9.17) is 10.2 Å². The molecule has 0 aromatic carbocycles. The first kappa shape index (κ1) is 10.9. The zero-order valence-corrected chi connectivity index (χ0v) is 5.92. The highest BCUT2D eigenvalue weighted by Crippen LogP contribution is 1.80. The Morgan fingerprint density at radius 2 is 1.15 bits per heavy atom. The predicted octanol–water partition coefficient (Wildman–Crippen LogP) is -2.22. The number of hydrogen-bond acceptors (Lipinski definition) is 6. The summed E-state index contributed by atoms with van der Waals surface area (Å²) in [6, 6.07) is 0. The van der Waals surface area contributed by atoms with Crippen LogP contribution in [0.1, 0.15) is 0 Å². The third kappa shape index (κ3) is 4.40. The van der Waals surface area contributed by atoms with Crippen LogP contribution in [0.3, 0.4) is 0 Å². The zero-order valence-electron chi connectivity index (χ0n) is 5.92. The topological polar surface area (TPSA) is 127 Å². The van der Waals surface area contributed by atoms with Crippen LogP contribution >= 0.6 is 0 Å². The van der Waals surface area contributed by atoms with Crippen LogP contribution in [0.2, 0.25) is 0 Å². The molecule has 9 heteroatoms. The minimum absolute atomic E-state index is 0.0207. The number of rotatable bonds is 2. The van der Waals surface area contributed by atoms with E-state index < -0.39 is 23.9 Å². The van der Waals surface area contributed by atoms with Crippen molar-refractivity contribution in [3.8, 4) is 0 Å². The normalized spacial score (nSPS) is 8.31. The second kappa shape index (κ2) is 4.75. The Labute approximate surface area is 71.4 Å². The van der Waals surface area contributed by atoms with Gasteiger partial charge in [-0.1, -0.05) is 0 Å². The van der Waals surface area contributed by atoms with Crippen molar-refractivity contribution in [3.63, 3.8) is 0 Å². The minimum Gasteiger partial charge on any atom is -0.491 e. The smallest absolute Gasteiger partial charge is 0.491 e. The molecule has 0 spiro atoms. The van der Waals surface area contributed by atoms with Gasteiger partial charge >= 0.3 is 31.6 Å². The van der Waals surface area contributed by atoms with Crippen molar-refractivity contribution in [2.24, 2.45) is 0 Å². The highest BCUT2D eigenvalue weighted by Gasteiger charge is 2.19. The Morgan fingerprint density at radius 1 is 0.846 bits per heavy atom. The van der Waals surface area contributed by atoms with E-state index in [1.807, 2.05) is 0 Å². The van der Waals surface area contributed by atoms with E-state index in [1.165, 1.54) is 0 Å². The molecule has 0 rings (SSSR count). The molecule has 0 aliphatic rings. The molecule has 0 fully saturated rings. The lowest BCUT2D eigenvalue weighted by atomic mass is 10.4. The van der Waals surface area contributed by atoms with Gasteiger partial charge in [0, 0.05) is 0 Å². The lowest BCUT2D eigenvalue weighted by Crippen LogP contribution is -2.24. The van der Waals surface area contributed by atoms with E-state index in [-0.39, 0.29) is 7.69 Å². The van der Waals surface area contributed by atoms with Crippen molar-refractivity contribution in [1.29, 1.82) is 0 Å². The van der Waals surface area contributed by atoms with Gasteiger partial charge in [-0.15, -0.1) is 0 Å². The molecule has 2 N–H and O–H groups in total. The number of carboxylic acid groups (broad SMARTS) is 2. The highest BCUT2D eigenvalue weighted by atomic mass is 16.6. The van der Waals surface area contributed by atoms with Gasteiger partial charge in [0.25, 0.3) is 0 Å². The average molecular weight is 189 g/mol. The van der Waals surface area contributed by atoms with Gasteiger partial charge in [-0.25, -0.2) is 19.2 Å². The third-order valence-electron chi connectivity index (χ3n) is 0.660. The van der Waals surface area contributed by atoms with Crippen LogP contribution in [0.5, 0.6) is 0 Å². The van der Waals surface area contributed by atoms with E-state index >= 15 is 0 Å². The molecule has 69 valence electrons. The summed E-state index contributed by atoms with van der Waals surface area (Å²) in [5.74, 6) is -7.19. The van der Waals surface area contributed by atoms with Crippen molar-refractivity contribution in [2.75, 3.05) is 0 Å². The quantitative estimate of drug-likeness (QED) is 0.369. The second-order valence-electron chi connectivity index (χ2n) is 1.52. The largest absolute Gasteiger partial charge is 0.662 e. The van der Waals surface area contributed by atoms with Crippen molar-refractivity contribution in [2.45, 2.75) is 0 Å². The highest BCUT2D eigenvalue weighted by molar-refractivity contribution is 6.41. The number of carbonyl (C=O) groups excluding carboxylic acids is 2. The summed E-state index contributed by atoms with van der Waals surface area (Å²) in [7, 11) is 0.0207. The van der Waals surface area contributed by atoms with Crippen molar-refractivity contribution >= 4 is 31.6 Å². The summed E-state index contributed by atoms with van der Waals surface area (Å²) in [4.78, 5) is 39.7. The van der Waals surface area contributed by atoms with Gasteiger partial charge in [-0.3, -0.25) is 0 Å². The Kier molecular flexibility index (Phi) is 4.00. The summed E-state index contributed by atoms with van der Waals surface area (Å²) in [6.07, 6.45) is 0. The van der Waals surface area contributed by atoms with Crippen LogP contribution < -0.4 is 0 Å². The number of carboxylic acids is 2. The molecule has 0 bridgehead atoms. The molecule has 0 unspecified atom stereocenters. The molecular formula is C4H2BO8. The fourth-order valence-electron chi connectivity index (χ4n) is 0.212. The SMILES string of the molecule is O=C(O)C(=O)O[B]OC(=O)C(=O)O. The minimum atomic E-state index is -1.90. The Balaban J connectivity index is 3.69. The molecule has 0 aliphatic carbocycles. The second-order valence-corrected chi connectivity index (χ2v) is 1.52. The third-order valence-corrected chi connectivity index (χ3v) is 0.660. The molecule has 0 saturated heterocycles. The Bertz CT molecular complexity index is 231. The number of hydrogen-bond donors (Lipinski definition) is 2. The summed E-state index contributed by atoms with van der Waals surface area (Å²) < 4.78 is 7.31.